The second kappa shape index (κ2) is 10.1. The Bertz CT molecular complexity index is 1390. The minimum Gasteiger partial charge on any atom is -0.396 e. The van der Waals surface area contributed by atoms with Crippen molar-refractivity contribution in [3.05, 3.63) is 76.7 Å². The van der Waals surface area contributed by atoms with Gasteiger partial charge in [-0.05, 0) is 49.7 Å². The number of benzene rings is 1. The Morgan fingerprint density at radius 2 is 1.92 bits per heavy atom. The number of carbonyl (C=O) groups excluding carboxylic acids is 1. The molecule has 0 bridgehead atoms. The highest BCUT2D eigenvalue weighted by Crippen LogP contribution is 2.40. The first-order chi connectivity index (χ1) is 17.0. The number of carbonyl (C=O) groups is 1. The molecule has 12 heteroatoms. The molecule has 0 unspecified atom stereocenters. The molecule has 4 rings (SSSR count). The van der Waals surface area contributed by atoms with Crippen molar-refractivity contribution in [2.24, 2.45) is 5.73 Å². The van der Waals surface area contributed by atoms with Gasteiger partial charge in [0, 0.05) is 24.1 Å². The largest absolute Gasteiger partial charge is 0.396 e. The van der Waals surface area contributed by atoms with E-state index >= 15 is 0 Å². The summed E-state index contributed by atoms with van der Waals surface area (Å²) < 4.78 is 31.4. The Kier molecular flexibility index (Phi) is 7.11. The lowest BCUT2D eigenvalue weighted by molar-refractivity contribution is 0.0778. The molecule has 0 saturated carbocycles. The summed E-state index contributed by atoms with van der Waals surface area (Å²) in [5.74, 6) is -2.13. The molecule has 9 nitrogen and oxygen atoms in total. The maximum absolute atomic E-state index is 14.9. The number of aliphatic hydroxyl groups excluding tert-OH is 1. The number of halogens is 2. The highest BCUT2D eigenvalue weighted by atomic mass is 32.1. The van der Waals surface area contributed by atoms with E-state index in [0.29, 0.717) is 30.2 Å². The number of rotatable bonds is 9. The van der Waals surface area contributed by atoms with E-state index in [1.165, 1.54) is 19.9 Å². The molecule has 0 saturated heterocycles. The first kappa shape index (κ1) is 25.4. The topological polar surface area (TPSA) is 139 Å². The molecule has 5 N–H and O–H groups in total. The van der Waals surface area contributed by atoms with Crippen molar-refractivity contribution in [3.8, 4) is 10.4 Å². The minimum atomic E-state index is -1.43. The van der Waals surface area contributed by atoms with Crippen LogP contribution in [0.3, 0.4) is 0 Å². The van der Waals surface area contributed by atoms with E-state index in [-0.39, 0.29) is 33.2 Å². The summed E-state index contributed by atoms with van der Waals surface area (Å²) in [7, 11) is 0. The van der Waals surface area contributed by atoms with E-state index in [1.54, 1.807) is 29.1 Å². The van der Waals surface area contributed by atoms with E-state index in [1.807, 2.05) is 0 Å². The van der Waals surface area contributed by atoms with E-state index in [0.717, 1.165) is 23.5 Å². The number of pyridine rings is 1. The summed E-state index contributed by atoms with van der Waals surface area (Å²) in [4.78, 5) is 16.7. The monoisotopic (exact) mass is 514 g/mol. The molecule has 0 spiro atoms. The van der Waals surface area contributed by atoms with Crippen LogP contribution >= 0.6 is 11.3 Å². The molecule has 0 radical (unpaired) electrons. The lowest BCUT2D eigenvalue weighted by atomic mass is 9.96. The van der Waals surface area contributed by atoms with Crippen molar-refractivity contribution >= 4 is 28.1 Å². The zero-order valence-corrected chi connectivity index (χ0v) is 20.3. The van der Waals surface area contributed by atoms with Gasteiger partial charge in [-0.15, -0.1) is 16.4 Å². The standard InChI is InChI=1S/C24H24F2N6O3S/c1-24(2,35)13-8-17(25)21(18(26)9-13)19-10-16(22(27)34)23(36-19)29-20-5-3-4-14(28-20)11-32-12-15(6-7-33)30-31-32/h3-5,8-10,12,33,35H,6-7,11H2,1-2H3,(H2,27,34)(H,28,29). The van der Waals surface area contributed by atoms with Crippen LogP contribution in [-0.2, 0) is 18.6 Å². The van der Waals surface area contributed by atoms with Crippen LogP contribution in [0.2, 0.25) is 0 Å². The number of nitrogens with two attached hydrogens (primary N) is 1. The molecular formula is C24H24F2N6O3S. The number of thiophene rings is 1. The van der Waals surface area contributed by atoms with Crippen LogP contribution in [0.5, 0.6) is 0 Å². The molecule has 0 atom stereocenters. The molecule has 3 heterocycles. The number of nitrogens with one attached hydrogen (secondary N) is 1. The van der Waals surface area contributed by atoms with Gasteiger partial charge in [-0.25, -0.2) is 18.4 Å². The SMILES string of the molecule is CC(C)(O)c1cc(F)c(-c2cc(C(N)=O)c(Nc3cccc(Cn4cc(CCO)nn4)n3)s2)c(F)c1. The number of amides is 1. The van der Waals surface area contributed by atoms with Gasteiger partial charge in [0.05, 0.1) is 34.7 Å². The van der Waals surface area contributed by atoms with Crippen molar-refractivity contribution in [2.75, 3.05) is 11.9 Å². The number of hydrogen-bond acceptors (Lipinski definition) is 8. The molecule has 0 aliphatic rings. The second-order valence-electron chi connectivity index (χ2n) is 8.61. The third kappa shape index (κ3) is 5.56. The number of aromatic nitrogens is 4. The molecule has 0 fully saturated rings. The van der Waals surface area contributed by atoms with Crippen LogP contribution in [0.15, 0.2) is 42.6 Å². The zero-order chi connectivity index (χ0) is 26.0. The summed E-state index contributed by atoms with van der Waals surface area (Å²) >= 11 is 0.950. The maximum atomic E-state index is 14.9. The first-order valence-electron chi connectivity index (χ1n) is 10.9. The van der Waals surface area contributed by atoms with Crippen LogP contribution in [0.1, 0.15) is 41.2 Å². The van der Waals surface area contributed by atoms with Crippen LogP contribution in [0.4, 0.5) is 19.6 Å². The summed E-state index contributed by atoms with van der Waals surface area (Å²) in [6, 6.07) is 8.66. The van der Waals surface area contributed by atoms with Crippen molar-refractivity contribution in [2.45, 2.75) is 32.4 Å². The van der Waals surface area contributed by atoms with Gasteiger partial charge in [0.1, 0.15) is 22.5 Å². The molecule has 3 aromatic heterocycles. The van der Waals surface area contributed by atoms with Crippen LogP contribution < -0.4 is 11.1 Å². The van der Waals surface area contributed by atoms with Gasteiger partial charge in [0.15, 0.2) is 0 Å². The third-order valence-corrected chi connectivity index (χ3v) is 6.39. The predicted octanol–water partition coefficient (Wildman–Crippen LogP) is 3.33. The molecule has 36 heavy (non-hydrogen) atoms. The van der Waals surface area contributed by atoms with E-state index < -0.39 is 23.1 Å². The lowest BCUT2D eigenvalue weighted by Crippen LogP contribution is -2.16. The molecule has 4 aromatic rings. The Labute approximate surface area is 209 Å². The van der Waals surface area contributed by atoms with Gasteiger partial charge in [0.25, 0.3) is 5.91 Å². The third-order valence-electron chi connectivity index (χ3n) is 5.32. The van der Waals surface area contributed by atoms with E-state index in [4.69, 9.17) is 10.8 Å². The summed E-state index contributed by atoms with van der Waals surface area (Å²) in [5.41, 5.74) is 5.20. The van der Waals surface area contributed by atoms with Crippen LogP contribution in [0.25, 0.3) is 10.4 Å². The fourth-order valence-corrected chi connectivity index (χ4v) is 4.64. The fraction of sp³-hybridized carbons (Fsp3) is 0.250. The number of nitrogens with zero attached hydrogens (tertiary/aromatic N) is 4. The summed E-state index contributed by atoms with van der Waals surface area (Å²) in [5, 5.41) is 30.4. The normalized spacial score (nSPS) is 11.6. The predicted molar refractivity (Wildman–Crippen MR) is 131 cm³/mol. The average molecular weight is 515 g/mol. The Morgan fingerprint density at radius 1 is 1.19 bits per heavy atom. The number of anilines is 2. The fourth-order valence-electron chi connectivity index (χ4n) is 3.52. The summed E-state index contributed by atoms with van der Waals surface area (Å²) in [6.45, 7) is 3.14. The maximum Gasteiger partial charge on any atom is 0.251 e. The van der Waals surface area contributed by atoms with Crippen LogP contribution in [-0.4, -0.2) is 42.7 Å². The first-order valence-corrected chi connectivity index (χ1v) is 11.8. The number of hydrogen-bond donors (Lipinski definition) is 4. The second-order valence-corrected chi connectivity index (χ2v) is 9.66. The highest BCUT2D eigenvalue weighted by molar-refractivity contribution is 7.20. The molecule has 0 aliphatic heterocycles. The van der Waals surface area contributed by atoms with Gasteiger partial charge in [-0.2, -0.15) is 0 Å². The summed E-state index contributed by atoms with van der Waals surface area (Å²) in [6.07, 6.45) is 2.11. The van der Waals surface area contributed by atoms with E-state index in [2.05, 4.69) is 20.6 Å². The van der Waals surface area contributed by atoms with Crippen molar-refractivity contribution < 1.29 is 23.8 Å². The molecule has 1 aromatic carbocycles. The van der Waals surface area contributed by atoms with Gasteiger partial charge >= 0.3 is 0 Å². The van der Waals surface area contributed by atoms with Gasteiger partial charge in [-0.1, -0.05) is 11.3 Å². The Balaban J connectivity index is 1.63. The lowest BCUT2D eigenvalue weighted by Gasteiger charge is -2.18. The quantitative estimate of drug-likeness (QED) is 0.269. The van der Waals surface area contributed by atoms with Gasteiger partial charge in [-0.3, -0.25) is 4.79 Å². The Hall–Kier alpha value is -3.74. The minimum absolute atomic E-state index is 0.0291. The number of aliphatic hydroxyl groups is 2. The molecule has 188 valence electrons. The number of primary amides is 1. The van der Waals surface area contributed by atoms with Gasteiger partial charge < -0.3 is 21.3 Å². The Morgan fingerprint density at radius 3 is 2.56 bits per heavy atom. The van der Waals surface area contributed by atoms with Crippen molar-refractivity contribution in [1.29, 1.82) is 0 Å². The smallest absolute Gasteiger partial charge is 0.251 e. The highest BCUT2D eigenvalue weighted by Gasteiger charge is 2.24. The molecule has 0 aliphatic carbocycles. The zero-order valence-electron chi connectivity index (χ0n) is 19.5. The van der Waals surface area contributed by atoms with Crippen LogP contribution in [0, 0.1) is 11.6 Å². The van der Waals surface area contributed by atoms with Gasteiger partial charge in [0.2, 0.25) is 0 Å². The average Bonchev–Trinajstić information content (AvgIpc) is 3.40. The van der Waals surface area contributed by atoms with Crippen molar-refractivity contribution in [1.82, 2.24) is 20.0 Å². The van der Waals surface area contributed by atoms with Crippen molar-refractivity contribution in [3.63, 3.8) is 0 Å². The van der Waals surface area contributed by atoms with E-state index in [9.17, 15) is 18.7 Å². The molecule has 1 amide bonds. The molecular weight excluding hydrogens is 490 g/mol.